The number of carboxylic acids is 1. The second-order valence-electron chi connectivity index (χ2n) is 4.02. The number of hydrogen-bond donors (Lipinski definition) is 1. The zero-order valence-corrected chi connectivity index (χ0v) is 10.5. The molecule has 0 saturated heterocycles. The van der Waals surface area contributed by atoms with Crippen molar-refractivity contribution in [1.29, 1.82) is 0 Å². The van der Waals surface area contributed by atoms with Crippen molar-refractivity contribution in [3.63, 3.8) is 0 Å². The zero-order valence-electron chi connectivity index (χ0n) is 8.87. The van der Waals surface area contributed by atoms with Crippen LogP contribution in [0.15, 0.2) is 22.7 Å². The van der Waals surface area contributed by atoms with Gasteiger partial charge in [0.05, 0.1) is 0 Å². The molecular formula is C13H13BrO2. The van der Waals surface area contributed by atoms with Crippen LogP contribution in [-0.2, 0) is 17.6 Å². The summed E-state index contributed by atoms with van der Waals surface area (Å²) in [5.74, 6) is -0.908. The fourth-order valence-electron chi connectivity index (χ4n) is 2.10. The Morgan fingerprint density at radius 2 is 2.06 bits per heavy atom. The summed E-state index contributed by atoms with van der Waals surface area (Å²) in [6, 6.07) is 4.09. The maximum absolute atomic E-state index is 10.4. The molecule has 0 unspecified atom stereocenters. The highest BCUT2D eigenvalue weighted by Gasteiger charge is 2.12. The summed E-state index contributed by atoms with van der Waals surface area (Å²) in [5, 5.41) is 8.58. The van der Waals surface area contributed by atoms with Crippen molar-refractivity contribution in [1.82, 2.24) is 0 Å². The van der Waals surface area contributed by atoms with Crippen LogP contribution < -0.4 is 0 Å². The highest BCUT2D eigenvalue weighted by atomic mass is 79.9. The standard InChI is InChI=1S/C13H13BrO2/c14-12-8-9(5-6-13(15)16)7-10-3-1-2-4-11(10)12/h5-8H,1-4H2,(H,15,16). The molecule has 0 aliphatic heterocycles. The summed E-state index contributed by atoms with van der Waals surface area (Å²) in [4.78, 5) is 10.4. The summed E-state index contributed by atoms with van der Waals surface area (Å²) in [6.45, 7) is 0. The molecule has 0 spiro atoms. The lowest BCUT2D eigenvalue weighted by Crippen LogP contribution is -2.03. The molecule has 1 aromatic rings. The molecule has 2 nitrogen and oxygen atoms in total. The van der Waals surface area contributed by atoms with Crippen LogP contribution in [0, 0.1) is 0 Å². The van der Waals surface area contributed by atoms with Gasteiger partial charge in [0, 0.05) is 10.5 Å². The minimum Gasteiger partial charge on any atom is -0.478 e. The number of aliphatic carboxylic acids is 1. The highest BCUT2D eigenvalue weighted by molar-refractivity contribution is 9.10. The van der Waals surface area contributed by atoms with Gasteiger partial charge in [-0.05, 0) is 54.5 Å². The van der Waals surface area contributed by atoms with Gasteiger partial charge in [0.2, 0.25) is 0 Å². The van der Waals surface area contributed by atoms with Crippen LogP contribution in [0.3, 0.4) is 0 Å². The molecule has 0 saturated carbocycles. The molecule has 0 heterocycles. The van der Waals surface area contributed by atoms with Crippen molar-refractivity contribution in [2.75, 3.05) is 0 Å². The molecule has 1 aliphatic carbocycles. The first kappa shape index (κ1) is 11.4. The van der Waals surface area contributed by atoms with E-state index in [0.29, 0.717) is 0 Å². The van der Waals surface area contributed by atoms with Gasteiger partial charge >= 0.3 is 5.97 Å². The molecule has 0 fully saturated rings. The maximum atomic E-state index is 10.4. The van der Waals surface area contributed by atoms with Gasteiger partial charge in [0.15, 0.2) is 0 Å². The van der Waals surface area contributed by atoms with Crippen molar-refractivity contribution < 1.29 is 9.90 Å². The van der Waals surface area contributed by atoms with E-state index >= 15 is 0 Å². The van der Waals surface area contributed by atoms with Crippen LogP contribution in [-0.4, -0.2) is 11.1 Å². The minimum atomic E-state index is -0.908. The third-order valence-electron chi connectivity index (χ3n) is 2.85. The molecule has 2 rings (SSSR count). The van der Waals surface area contributed by atoms with Crippen LogP contribution in [0.1, 0.15) is 29.5 Å². The number of rotatable bonds is 2. The fourth-order valence-corrected chi connectivity index (χ4v) is 2.82. The lowest BCUT2D eigenvalue weighted by molar-refractivity contribution is -0.131. The third kappa shape index (κ3) is 2.53. The molecule has 1 aromatic carbocycles. The van der Waals surface area contributed by atoms with E-state index in [-0.39, 0.29) is 0 Å². The molecule has 1 aliphatic rings. The molecular weight excluding hydrogens is 268 g/mol. The molecule has 0 bridgehead atoms. The van der Waals surface area contributed by atoms with E-state index in [1.54, 1.807) is 6.08 Å². The lowest BCUT2D eigenvalue weighted by atomic mass is 9.90. The van der Waals surface area contributed by atoms with Crippen molar-refractivity contribution >= 4 is 28.0 Å². The summed E-state index contributed by atoms with van der Waals surface area (Å²) in [6.07, 6.45) is 7.52. The summed E-state index contributed by atoms with van der Waals surface area (Å²) >= 11 is 3.56. The van der Waals surface area contributed by atoms with E-state index in [1.165, 1.54) is 30.0 Å². The van der Waals surface area contributed by atoms with E-state index in [4.69, 9.17) is 5.11 Å². The molecule has 1 N–H and O–H groups in total. The second-order valence-corrected chi connectivity index (χ2v) is 4.87. The van der Waals surface area contributed by atoms with Crippen molar-refractivity contribution in [2.24, 2.45) is 0 Å². The van der Waals surface area contributed by atoms with Crippen LogP contribution in [0.4, 0.5) is 0 Å². The topological polar surface area (TPSA) is 37.3 Å². The van der Waals surface area contributed by atoms with Gasteiger partial charge in [-0.2, -0.15) is 0 Å². The van der Waals surface area contributed by atoms with Crippen LogP contribution in [0.25, 0.3) is 6.08 Å². The third-order valence-corrected chi connectivity index (χ3v) is 3.56. The van der Waals surface area contributed by atoms with Crippen LogP contribution in [0.2, 0.25) is 0 Å². The molecule has 0 atom stereocenters. The largest absolute Gasteiger partial charge is 0.478 e. The molecule has 3 heteroatoms. The summed E-state index contributed by atoms with van der Waals surface area (Å²) in [7, 11) is 0. The zero-order chi connectivity index (χ0) is 11.5. The Morgan fingerprint density at radius 3 is 2.81 bits per heavy atom. The molecule has 16 heavy (non-hydrogen) atoms. The number of benzene rings is 1. The second kappa shape index (κ2) is 4.83. The Balaban J connectivity index is 2.35. The smallest absolute Gasteiger partial charge is 0.328 e. The lowest BCUT2D eigenvalue weighted by Gasteiger charge is -2.17. The Hall–Kier alpha value is -1.09. The Labute approximate surface area is 103 Å². The van der Waals surface area contributed by atoms with Gasteiger partial charge in [-0.3, -0.25) is 0 Å². The number of carbonyl (C=O) groups is 1. The van der Waals surface area contributed by atoms with Crippen molar-refractivity contribution in [2.45, 2.75) is 25.7 Å². The van der Waals surface area contributed by atoms with Gasteiger partial charge in [0.1, 0.15) is 0 Å². The van der Waals surface area contributed by atoms with Gasteiger partial charge in [-0.15, -0.1) is 0 Å². The quantitative estimate of drug-likeness (QED) is 0.843. The number of aryl methyl sites for hydroxylation is 1. The Bertz CT molecular complexity index is 449. The van der Waals surface area contributed by atoms with Crippen LogP contribution in [0.5, 0.6) is 0 Å². The minimum absolute atomic E-state index is 0.908. The molecule has 84 valence electrons. The summed E-state index contributed by atoms with van der Waals surface area (Å²) < 4.78 is 1.11. The fraction of sp³-hybridized carbons (Fsp3) is 0.308. The van der Waals surface area contributed by atoms with Gasteiger partial charge in [0.25, 0.3) is 0 Å². The van der Waals surface area contributed by atoms with E-state index in [9.17, 15) is 4.79 Å². The number of halogens is 1. The van der Waals surface area contributed by atoms with E-state index < -0.39 is 5.97 Å². The van der Waals surface area contributed by atoms with Crippen LogP contribution >= 0.6 is 15.9 Å². The molecule has 0 amide bonds. The normalized spacial score (nSPS) is 15.1. The van der Waals surface area contributed by atoms with Gasteiger partial charge in [-0.25, -0.2) is 4.79 Å². The molecule has 0 aromatic heterocycles. The average Bonchev–Trinajstić information content (AvgIpc) is 2.26. The maximum Gasteiger partial charge on any atom is 0.328 e. The van der Waals surface area contributed by atoms with Gasteiger partial charge < -0.3 is 5.11 Å². The first-order chi connectivity index (χ1) is 7.66. The number of hydrogen-bond acceptors (Lipinski definition) is 1. The van der Waals surface area contributed by atoms with E-state index in [2.05, 4.69) is 22.0 Å². The number of fused-ring (bicyclic) bond motifs is 1. The Morgan fingerprint density at radius 1 is 1.31 bits per heavy atom. The first-order valence-electron chi connectivity index (χ1n) is 5.39. The average molecular weight is 281 g/mol. The predicted octanol–water partition coefficient (Wildman–Crippen LogP) is 3.43. The van der Waals surface area contributed by atoms with Crippen molar-refractivity contribution in [3.8, 4) is 0 Å². The highest BCUT2D eigenvalue weighted by Crippen LogP contribution is 2.30. The molecule has 0 radical (unpaired) electrons. The number of carboxylic acid groups (broad SMARTS) is 1. The summed E-state index contributed by atoms with van der Waals surface area (Å²) in [5.41, 5.74) is 3.69. The monoisotopic (exact) mass is 280 g/mol. The first-order valence-corrected chi connectivity index (χ1v) is 6.18. The SMILES string of the molecule is O=C(O)C=Cc1cc(Br)c2c(c1)CCCC2. The van der Waals surface area contributed by atoms with E-state index in [1.807, 2.05) is 6.07 Å². The van der Waals surface area contributed by atoms with Gasteiger partial charge in [-0.1, -0.05) is 22.0 Å². The van der Waals surface area contributed by atoms with Crippen molar-refractivity contribution in [3.05, 3.63) is 39.4 Å². The Kier molecular flexibility index (Phi) is 3.44. The predicted molar refractivity (Wildman–Crippen MR) is 67.5 cm³/mol. The van der Waals surface area contributed by atoms with E-state index in [0.717, 1.165) is 22.9 Å².